The van der Waals surface area contributed by atoms with Crippen molar-refractivity contribution in [3.05, 3.63) is 12.2 Å². The van der Waals surface area contributed by atoms with Crippen molar-refractivity contribution in [2.45, 2.75) is 164 Å². The van der Waals surface area contributed by atoms with Gasteiger partial charge in [-0.1, -0.05) is 77.4 Å². The number of ether oxygens (including phenoxy) is 4. The molecule has 12 atom stereocenters. The summed E-state index contributed by atoms with van der Waals surface area (Å²) in [6.45, 7) is 2.53. The molecule has 2 saturated heterocycles. The van der Waals surface area contributed by atoms with E-state index in [4.69, 9.17) is 18.9 Å². The van der Waals surface area contributed by atoms with Crippen molar-refractivity contribution in [2.75, 3.05) is 19.8 Å². The average Bonchev–Trinajstić information content (AvgIpc) is 3.05. The maximum Gasteiger partial charge on any atom is 0.220 e. The van der Waals surface area contributed by atoms with Crippen LogP contribution in [0.25, 0.3) is 0 Å². The average molecular weight is 666 g/mol. The van der Waals surface area contributed by atoms with E-state index in [0.29, 0.717) is 6.42 Å². The van der Waals surface area contributed by atoms with Crippen LogP contribution in [0, 0.1) is 0 Å². The van der Waals surface area contributed by atoms with E-state index in [1.165, 1.54) is 19.3 Å². The molecule has 0 radical (unpaired) electrons. The van der Waals surface area contributed by atoms with Gasteiger partial charge < -0.3 is 65.1 Å². The number of hydrogen-bond acceptors (Lipinski definition) is 13. The summed E-state index contributed by atoms with van der Waals surface area (Å²) in [6.07, 6.45) is -1.95. The highest BCUT2D eigenvalue weighted by Gasteiger charge is 2.50. The van der Waals surface area contributed by atoms with Gasteiger partial charge in [-0.25, -0.2) is 0 Å². The predicted molar refractivity (Wildman–Crippen MR) is 166 cm³/mol. The smallest absolute Gasteiger partial charge is 0.220 e. The van der Waals surface area contributed by atoms with Gasteiger partial charge in [0, 0.05) is 6.42 Å². The molecule has 14 heteroatoms. The minimum absolute atomic E-state index is 0.264. The first-order chi connectivity index (χ1) is 22.1. The standard InChI is InChI=1S/C32H59NO13/c1-3-5-7-9-10-11-12-13-15-21(36)20(33-24(37)16-14-8-6-4-2)19-43-31-29(42)27(40)30(23(18-35)45-31)46-32-28(41)26(39)25(38)22(17-34)44-32/h13,15,20-23,25-32,34-36,38-42H,3-12,14,16-19H2,1-2H3,(H,33,37)/b15-13+. The fourth-order valence-electron chi connectivity index (χ4n) is 5.52. The molecule has 2 heterocycles. The fraction of sp³-hybridized carbons (Fsp3) is 0.906. The Kier molecular flexibility index (Phi) is 19.9. The van der Waals surface area contributed by atoms with Gasteiger partial charge in [0.15, 0.2) is 12.6 Å². The summed E-state index contributed by atoms with van der Waals surface area (Å²) in [6, 6.07) is -0.900. The van der Waals surface area contributed by atoms with Crippen LogP contribution in [0.15, 0.2) is 12.2 Å². The number of unbranched alkanes of at least 4 members (excludes halogenated alkanes) is 9. The van der Waals surface area contributed by atoms with Gasteiger partial charge in [-0.3, -0.25) is 4.79 Å². The Morgan fingerprint density at radius 1 is 0.761 bits per heavy atom. The Morgan fingerprint density at radius 2 is 1.35 bits per heavy atom. The minimum atomic E-state index is -1.78. The van der Waals surface area contributed by atoms with Gasteiger partial charge in [0.05, 0.1) is 32.0 Å². The van der Waals surface area contributed by atoms with Gasteiger partial charge in [-0.05, 0) is 19.3 Å². The number of aliphatic hydroxyl groups is 8. The molecule has 0 aromatic carbocycles. The Labute approximate surface area is 272 Å². The van der Waals surface area contributed by atoms with E-state index in [9.17, 15) is 45.6 Å². The SMILES string of the molecule is CCCCCCCC/C=C/C(O)C(COC1OC(CO)C(OC2OC(CO)C(O)C(O)C2O)C(O)C1O)NC(=O)CCCCCC. The summed E-state index contributed by atoms with van der Waals surface area (Å²) >= 11 is 0. The largest absolute Gasteiger partial charge is 0.394 e. The third-order valence-electron chi connectivity index (χ3n) is 8.47. The number of carbonyl (C=O) groups excluding carboxylic acids is 1. The maximum absolute atomic E-state index is 12.7. The number of allylic oxidation sites excluding steroid dienone is 1. The zero-order valence-corrected chi connectivity index (χ0v) is 27.3. The van der Waals surface area contributed by atoms with Crippen LogP contribution in [0.5, 0.6) is 0 Å². The molecule has 270 valence electrons. The highest BCUT2D eigenvalue weighted by atomic mass is 16.7. The number of carbonyl (C=O) groups is 1. The highest BCUT2D eigenvalue weighted by Crippen LogP contribution is 2.29. The second-order valence-electron chi connectivity index (χ2n) is 12.3. The molecule has 46 heavy (non-hydrogen) atoms. The van der Waals surface area contributed by atoms with Gasteiger partial charge in [-0.2, -0.15) is 0 Å². The normalized spacial score (nSPS) is 33.3. The Balaban J connectivity index is 2.02. The number of amides is 1. The molecular formula is C32H59NO13. The van der Waals surface area contributed by atoms with Gasteiger partial charge in [0.25, 0.3) is 0 Å². The lowest BCUT2D eigenvalue weighted by Gasteiger charge is -2.46. The van der Waals surface area contributed by atoms with Crippen LogP contribution in [0.1, 0.15) is 90.9 Å². The molecule has 0 spiro atoms. The summed E-state index contributed by atoms with van der Waals surface area (Å²) in [5.74, 6) is -0.264. The van der Waals surface area contributed by atoms with Crippen LogP contribution >= 0.6 is 0 Å². The predicted octanol–water partition coefficient (Wildman–Crippen LogP) is -0.250. The van der Waals surface area contributed by atoms with Crippen LogP contribution in [0.3, 0.4) is 0 Å². The molecule has 1 amide bonds. The molecule has 14 nitrogen and oxygen atoms in total. The Bertz CT molecular complexity index is 847. The zero-order chi connectivity index (χ0) is 34.1. The molecule has 2 rings (SSSR count). The topological polar surface area (TPSA) is 228 Å². The number of hydrogen-bond donors (Lipinski definition) is 9. The van der Waals surface area contributed by atoms with E-state index in [1.807, 2.05) is 6.08 Å². The summed E-state index contributed by atoms with van der Waals surface area (Å²) in [7, 11) is 0. The number of rotatable bonds is 22. The lowest BCUT2D eigenvalue weighted by Crippen LogP contribution is -2.65. The minimum Gasteiger partial charge on any atom is -0.394 e. The third kappa shape index (κ3) is 13.0. The monoisotopic (exact) mass is 665 g/mol. The van der Waals surface area contributed by atoms with Crippen molar-refractivity contribution in [3.63, 3.8) is 0 Å². The van der Waals surface area contributed by atoms with Crippen molar-refractivity contribution in [1.29, 1.82) is 0 Å². The molecule has 0 aromatic rings. The van der Waals surface area contributed by atoms with Crippen molar-refractivity contribution >= 4 is 5.91 Å². The van der Waals surface area contributed by atoms with Crippen molar-refractivity contribution in [3.8, 4) is 0 Å². The second kappa shape index (κ2) is 22.4. The molecule has 9 N–H and O–H groups in total. The summed E-state index contributed by atoms with van der Waals surface area (Å²) in [5.41, 5.74) is 0. The molecule has 0 bridgehead atoms. The summed E-state index contributed by atoms with van der Waals surface area (Å²) in [4.78, 5) is 12.7. The second-order valence-corrected chi connectivity index (χ2v) is 12.3. The van der Waals surface area contributed by atoms with E-state index in [-0.39, 0.29) is 18.9 Å². The number of nitrogens with one attached hydrogen (secondary N) is 1. The van der Waals surface area contributed by atoms with Crippen molar-refractivity contribution in [1.82, 2.24) is 5.32 Å². The molecule has 12 unspecified atom stereocenters. The summed E-state index contributed by atoms with van der Waals surface area (Å²) < 4.78 is 22.3. The van der Waals surface area contributed by atoms with Gasteiger partial charge in [-0.15, -0.1) is 0 Å². The van der Waals surface area contributed by atoms with Crippen LogP contribution in [-0.2, 0) is 23.7 Å². The Hall–Kier alpha value is -1.27. The first-order valence-corrected chi connectivity index (χ1v) is 16.9. The van der Waals surface area contributed by atoms with Crippen LogP contribution in [0.4, 0.5) is 0 Å². The lowest BCUT2D eigenvalue weighted by atomic mass is 9.97. The van der Waals surface area contributed by atoms with E-state index in [1.54, 1.807) is 6.08 Å². The van der Waals surface area contributed by atoms with Crippen molar-refractivity contribution in [2.24, 2.45) is 0 Å². The zero-order valence-electron chi connectivity index (χ0n) is 27.3. The molecule has 0 aliphatic carbocycles. The maximum atomic E-state index is 12.7. The van der Waals surface area contributed by atoms with E-state index in [2.05, 4.69) is 19.2 Å². The Morgan fingerprint density at radius 3 is 2.00 bits per heavy atom. The molecule has 2 aliphatic heterocycles. The quantitative estimate of drug-likeness (QED) is 0.0538. The van der Waals surface area contributed by atoms with E-state index in [0.717, 1.165) is 44.9 Å². The van der Waals surface area contributed by atoms with Crippen LogP contribution < -0.4 is 5.32 Å². The fourth-order valence-corrected chi connectivity index (χ4v) is 5.52. The van der Waals surface area contributed by atoms with E-state index < -0.39 is 86.8 Å². The first-order valence-electron chi connectivity index (χ1n) is 16.9. The molecule has 0 saturated carbocycles. The molecule has 2 fully saturated rings. The molecule has 2 aliphatic rings. The highest BCUT2D eigenvalue weighted by molar-refractivity contribution is 5.76. The molecular weight excluding hydrogens is 606 g/mol. The van der Waals surface area contributed by atoms with Gasteiger partial charge in [0.1, 0.15) is 48.8 Å². The van der Waals surface area contributed by atoms with Crippen molar-refractivity contribution < 1.29 is 64.6 Å². The van der Waals surface area contributed by atoms with Gasteiger partial charge >= 0.3 is 0 Å². The summed E-state index contributed by atoms with van der Waals surface area (Å²) in [5, 5.41) is 85.3. The lowest BCUT2D eigenvalue weighted by molar-refractivity contribution is -0.359. The third-order valence-corrected chi connectivity index (χ3v) is 8.47. The number of aliphatic hydroxyl groups excluding tert-OH is 8. The van der Waals surface area contributed by atoms with Gasteiger partial charge in [0.2, 0.25) is 5.91 Å². The van der Waals surface area contributed by atoms with Crippen LogP contribution in [-0.4, -0.2) is 140 Å². The van der Waals surface area contributed by atoms with E-state index >= 15 is 0 Å². The molecule has 0 aromatic heterocycles. The van der Waals surface area contributed by atoms with Crippen LogP contribution in [0.2, 0.25) is 0 Å². The first kappa shape index (κ1) is 40.9.